The molecule has 1 aliphatic rings. The van der Waals surface area contributed by atoms with Crippen molar-refractivity contribution in [1.82, 2.24) is 4.90 Å². The number of nitrogens with zero attached hydrogens (tertiary/aromatic N) is 1. The molecule has 0 aromatic heterocycles. The molecular weight excluding hydrogens is 319 g/mol. The van der Waals surface area contributed by atoms with E-state index < -0.39 is 5.82 Å². The Labute approximate surface area is 147 Å². The summed E-state index contributed by atoms with van der Waals surface area (Å²) < 4.78 is 18.7. The zero-order valence-corrected chi connectivity index (χ0v) is 14.6. The van der Waals surface area contributed by atoms with Crippen molar-refractivity contribution in [3.05, 3.63) is 58.9 Å². The Bertz CT molecular complexity index is 776. The topological polar surface area (TPSA) is 41.6 Å². The lowest BCUT2D eigenvalue weighted by Crippen LogP contribution is -2.29. The minimum Gasteiger partial charge on any atom is -0.494 e. The number of ether oxygens (including phenoxy) is 1. The van der Waals surface area contributed by atoms with Crippen molar-refractivity contribution in [2.75, 3.05) is 26.0 Å². The Kier molecular flexibility index (Phi) is 5.34. The molecule has 0 fully saturated rings. The van der Waals surface area contributed by atoms with E-state index in [1.54, 1.807) is 12.1 Å². The Morgan fingerprint density at radius 3 is 2.76 bits per heavy atom. The van der Waals surface area contributed by atoms with E-state index in [2.05, 4.69) is 17.4 Å². The molecule has 0 aliphatic heterocycles. The molecule has 3 rings (SSSR count). The van der Waals surface area contributed by atoms with Gasteiger partial charge in [0.15, 0.2) is 11.6 Å². The zero-order chi connectivity index (χ0) is 17.8. The third kappa shape index (κ3) is 4.37. The van der Waals surface area contributed by atoms with E-state index in [1.807, 2.05) is 18.0 Å². The number of anilines is 1. The van der Waals surface area contributed by atoms with Crippen LogP contribution in [-0.2, 0) is 24.2 Å². The lowest BCUT2D eigenvalue weighted by atomic mass is 10.1. The van der Waals surface area contributed by atoms with Gasteiger partial charge < -0.3 is 10.1 Å². The van der Waals surface area contributed by atoms with Crippen LogP contribution in [0.25, 0.3) is 0 Å². The Morgan fingerprint density at radius 2 is 2.00 bits per heavy atom. The molecule has 1 amide bonds. The van der Waals surface area contributed by atoms with Gasteiger partial charge in [0.2, 0.25) is 5.91 Å². The number of halogens is 1. The maximum absolute atomic E-state index is 13.7. The SMILES string of the molecule is COc1ccc(CN(C)CC(=O)Nc2ccc3c(c2)CCC3)cc1F. The van der Waals surface area contributed by atoms with Crippen LogP contribution in [0.5, 0.6) is 5.75 Å². The highest BCUT2D eigenvalue weighted by atomic mass is 19.1. The number of rotatable bonds is 6. The molecule has 132 valence electrons. The second-order valence-electron chi connectivity index (χ2n) is 6.53. The van der Waals surface area contributed by atoms with Gasteiger partial charge in [0.1, 0.15) is 0 Å². The van der Waals surface area contributed by atoms with Gasteiger partial charge in [0, 0.05) is 12.2 Å². The highest BCUT2D eigenvalue weighted by molar-refractivity contribution is 5.92. The summed E-state index contributed by atoms with van der Waals surface area (Å²) in [6.45, 7) is 0.725. The van der Waals surface area contributed by atoms with Gasteiger partial charge in [0.05, 0.1) is 13.7 Å². The number of nitrogens with one attached hydrogen (secondary N) is 1. The van der Waals surface area contributed by atoms with Crippen LogP contribution in [0.15, 0.2) is 36.4 Å². The number of benzene rings is 2. The van der Waals surface area contributed by atoms with Gasteiger partial charge in [-0.2, -0.15) is 0 Å². The van der Waals surface area contributed by atoms with Gasteiger partial charge in [-0.05, 0) is 67.3 Å². The second kappa shape index (κ2) is 7.66. The maximum Gasteiger partial charge on any atom is 0.238 e. The van der Waals surface area contributed by atoms with Crippen LogP contribution in [0.2, 0.25) is 0 Å². The van der Waals surface area contributed by atoms with Gasteiger partial charge in [-0.1, -0.05) is 12.1 Å². The molecule has 4 nitrogen and oxygen atoms in total. The van der Waals surface area contributed by atoms with Crippen molar-refractivity contribution in [2.24, 2.45) is 0 Å². The highest BCUT2D eigenvalue weighted by Crippen LogP contribution is 2.25. The molecule has 0 saturated heterocycles. The third-order valence-electron chi connectivity index (χ3n) is 4.46. The quantitative estimate of drug-likeness (QED) is 0.875. The number of carbonyl (C=O) groups is 1. The van der Waals surface area contributed by atoms with E-state index in [-0.39, 0.29) is 18.2 Å². The first-order valence-corrected chi connectivity index (χ1v) is 8.48. The number of amides is 1. The number of fused-ring (bicyclic) bond motifs is 1. The summed E-state index contributed by atoms with van der Waals surface area (Å²) in [5.74, 6) is -0.244. The van der Waals surface area contributed by atoms with Crippen LogP contribution >= 0.6 is 0 Å². The predicted octanol–water partition coefficient (Wildman–Crippen LogP) is 3.39. The molecule has 0 radical (unpaired) electrons. The molecule has 0 atom stereocenters. The van der Waals surface area contributed by atoms with Gasteiger partial charge in [0.25, 0.3) is 0 Å². The van der Waals surface area contributed by atoms with E-state index in [0.717, 1.165) is 24.1 Å². The minimum absolute atomic E-state index is 0.0746. The summed E-state index contributed by atoms with van der Waals surface area (Å²) in [4.78, 5) is 14.1. The van der Waals surface area contributed by atoms with Crippen molar-refractivity contribution in [3.8, 4) is 5.75 Å². The molecule has 0 unspecified atom stereocenters. The molecule has 5 heteroatoms. The number of carbonyl (C=O) groups excluding carboxylic acids is 1. The first kappa shape index (κ1) is 17.4. The fourth-order valence-electron chi connectivity index (χ4n) is 3.27. The van der Waals surface area contributed by atoms with Crippen molar-refractivity contribution in [3.63, 3.8) is 0 Å². The summed E-state index contributed by atoms with van der Waals surface area (Å²) in [5.41, 5.74) is 4.36. The normalized spacial score (nSPS) is 13.0. The minimum atomic E-state index is -0.393. The first-order valence-electron chi connectivity index (χ1n) is 8.48. The van der Waals surface area contributed by atoms with Crippen molar-refractivity contribution < 1.29 is 13.9 Å². The van der Waals surface area contributed by atoms with E-state index in [1.165, 1.54) is 30.7 Å². The van der Waals surface area contributed by atoms with Crippen LogP contribution in [0.1, 0.15) is 23.1 Å². The zero-order valence-electron chi connectivity index (χ0n) is 14.6. The highest BCUT2D eigenvalue weighted by Gasteiger charge is 2.13. The lowest BCUT2D eigenvalue weighted by molar-refractivity contribution is -0.117. The van der Waals surface area contributed by atoms with Crippen molar-refractivity contribution in [1.29, 1.82) is 0 Å². The predicted molar refractivity (Wildman–Crippen MR) is 96.4 cm³/mol. The Morgan fingerprint density at radius 1 is 1.20 bits per heavy atom. The molecule has 25 heavy (non-hydrogen) atoms. The van der Waals surface area contributed by atoms with Crippen LogP contribution in [-0.4, -0.2) is 31.5 Å². The lowest BCUT2D eigenvalue weighted by Gasteiger charge is -2.17. The summed E-state index contributed by atoms with van der Waals surface area (Å²) in [6.07, 6.45) is 3.40. The fourth-order valence-corrected chi connectivity index (χ4v) is 3.27. The average Bonchev–Trinajstić information content (AvgIpc) is 3.02. The molecule has 2 aromatic rings. The third-order valence-corrected chi connectivity index (χ3v) is 4.46. The fraction of sp³-hybridized carbons (Fsp3) is 0.350. The number of hydrogen-bond donors (Lipinski definition) is 1. The monoisotopic (exact) mass is 342 g/mol. The summed E-state index contributed by atoms with van der Waals surface area (Å²) >= 11 is 0. The molecule has 2 aromatic carbocycles. The van der Waals surface area contributed by atoms with Gasteiger partial charge in [-0.25, -0.2) is 4.39 Å². The number of aryl methyl sites for hydroxylation is 2. The molecule has 1 aliphatic carbocycles. The number of likely N-dealkylation sites (N-methyl/N-ethyl adjacent to an activating group) is 1. The standard InChI is InChI=1S/C20H23FN2O2/c1-23(12-14-6-9-19(25-2)18(21)10-14)13-20(24)22-17-8-7-15-4-3-5-16(15)11-17/h6-11H,3-5,12-13H2,1-2H3,(H,22,24). The molecular formula is C20H23FN2O2. The largest absolute Gasteiger partial charge is 0.494 e. The van der Waals surface area contributed by atoms with Crippen molar-refractivity contribution >= 4 is 11.6 Å². The summed E-state index contributed by atoms with van der Waals surface area (Å²) in [7, 11) is 3.28. The molecule has 0 heterocycles. The van der Waals surface area contributed by atoms with E-state index in [4.69, 9.17) is 4.74 Å². The molecule has 0 spiro atoms. The van der Waals surface area contributed by atoms with Crippen LogP contribution in [0, 0.1) is 5.82 Å². The van der Waals surface area contributed by atoms with Crippen LogP contribution < -0.4 is 10.1 Å². The maximum atomic E-state index is 13.7. The molecule has 0 bridgehead atoms. The van der Waals surface area contributed by atoms with E-state index in [0.29, 0.717) is 6.54 Å². The van der Waals surface area contributed by atoms with Crippen LogP contribution in [0.3, 0.4) is 0 Å². The first-order chi connectivity index (χ1) is 12.0. The second-order valence-corrected chi connectivity index (χ2v) is 6.53. The van der Waals surface area contributed by atoms with Gasteiger partial charge in [-0.15, -0.1) is 0 Å². The molecule has 1 N–H and O–H groups in total. The van der Waals surface area contributed by atoms with Crippen molar-refractivity contribution in [2.45, 2.75) is 25.8 Å². The van der Waals surface area contributed by atoms with E-state index >= 15 is 0 Å². The Balaban J connectivity index is 1.54. The van der Waals surface area contributed by atoms with E-state index in [9.17, 15) is 9.18 Å². The Hall–Kier alpha value is -2.40. The average molecular weight is 342 g/mol. The number of hydrogen-bond acceptors (Lipinski definition) is 3. The summed E-state index contributed by atoms with van der Waals surface area (Å²) in [6, 6.07) is 11.0. The van der Waals surface area contributed by atoms with Crippen LogP contribution in [0.4, 0.5) is 10.1 Å². The number of methoxy groups -OCH3 is 1. The van der Waals surface area contributed by atoms with Gasteiger partial charge >= 0.3 is 0 Å². The smallest absolute Gasteiger partial charge is 0.238 e. The van der Waals surface area contributed by atoms with Gasteiger partial charge in [-0.3, -0.25) is 9.69 Å². The molecule has 0 saturated carbocycles. The summed E-state index contributed by atoms with van der Waals surface area (Å²) in [5, 5.41) is 2.94.